The number of methoxy groups -OCH3 is 1. The molecule has 3 nitrogen and oxygen atoms in total. The first-order valence-electron chi connectivity index (χ1n) is 6.75. The van der Waals surface area contributed by atoms with Gasteiger partial charge in [0.2, 0.25) is 0 Å². The molecule has 1 saturated heterocycles. The Bertz CT molecular complexity index is 323. The average molecular weight is 249 g/mol. The molecule has 0 spiro atoms. The molecule has 1 aromatic rings. The summed E-state index contributed by atoms with van der Waals surface area (Å²) in [4.78, 5) is 0. The van der Waals surface area contributed by atoms with Crippen LogP contribution in [0.25, 0.3) is 0 Å². The molecule has 0 bridgehead atoms. The maximum atomic E-state index is 5.39. The van der Waals surface area contributed by atoms with Crippen molar-refractivity contribution in [3.8, 4) is 0 Å². The van der Waals surface area contributed by atoms with E-state index in [-0.39, 0.29) is 0 Å². The van der Waals surface area contributed by atoms with Crippen LogP contribution in [0.1, 0.15) is 18.4 Å². The molecule has 0 amide bonds. The summed E-state index contributed by atoms with van der Waals surface area (Å²) in [7, 11) is 1.77. The minimum Gasteiger partial charge on any atom is -0.383 e. The molecule has 1 fully saturated rings. The Labute approximate surface area is 109 Å². The molecule has 1 unspecified atom stereocenters. The van der Waals surface area contributed by atoms with Gasteiger partial charge >= 0.3 is 0 Å². The highest BCUT2D eigenvalue weighted by molar-refractivity contribution is 5.16. The van der Waals surface area contributed by atoms with E-state index in [2.05, 4.69) is 35.6 Å². The van der Waals surface area contributed by atoms with Crippen LogP contribution in [0.3, 0.4) is 0 Å². The quantitative estimate of drug-likeness (QED) is 0.836. The molecule has 0 radical (unpaired) electrons. The number of benzene rings is 1. The predicted octanol–water partition coefficient (Wildman–Crippen LogP) is 2.01. The van der Waals surface area contributed by atoms with Gasteiger partial charge in [0.25, 0.3) is 0 Å². The van der Waals surface area contributed by atoms with Gasteiger partial charge in [-0.25, -0.2) is 0 Å². The summed E-state index contributed by atoms with van der Waals surface area (Å²) in [6, 6.07) is 11.5. The molecule has 1 aliphatic rings. The molecular weight excluding hydrogens is 226 g/mol. The number of nitrogens with one attached hydrogen (secondary N) is 1. The second-order valence-corrected chi connectivity index (χ2v) is 4.90. The standard InChI is InChI=1S/C15H23NO2/c1-17-12-15(11-13-5-3-2-4-6-13)16-14-7-9-18-10-8-14/h2-6,14-16H,7-12H2,1H3. The smallest absolute Gasteiger partial charge is 0.0619 e. The van der Waals surface area contributed by atoms with Crippen molar-refractivity contribution in [2.75, 3.05) is 26.9 Å². The number of hydrogen-bond acceptors (Lipinski definition) is 3. The molecule has 1 N–H and O–H groups in total. The van der Waals surface area contributed by atoms with Crippen LogP contribution in [0.5, 0.6) is 0 Å². The Balaban J connectivity index is 1.86. The van der Waals surface area contributed by atoms with Gasteiger partial charge in [-0.1, -0.05) is 30.3 Å². The summed E-state index contributed by atoms with van der Waals surface area (Å²) in [5, 5.41) is 3.70. The van der Waals surface area contributed by atoms with Crippen molar-refractivity contribution in [2.24, 2.45) is 0 Å². The van der Waals surface area contributed by atoms with Crippen molar-refractivity contribution in [3.05, 3.63) is 35.9 Å². The molecular formula is C15H23NO2. The molecule has 1 aromatic carbocycles. The largest absolute Gasteiger partial charge is 0.383 e. The minimum absolute atomic E-state index is 0.389. The van der Waals surface area contributed by atoms with Crippen LogP contribution >= 0.6 is 0 Å². The third kappa shape index (κ3) is 4.41. The van der Waals surface area contributed by atoms with E-state index < -0.39 is 0 Å². The second-order valence-electron chi connectivity index (χ2n) is 4.90. The lowest BCUT2D eigenvalue weighted by atomic mass is 10.0. The van der Waals surface area contributed by atoms with Crippen LogP contribution in [0, 0.1) is 0 Å². The van der Waals surface area contributed by atoms with E-state index >= 15 is 0 Å². The molecule has 1 atom stereocenters. The van der Waals surface area contributed by atoms with Crippen molar-refractivity contribution in [1.29, 1.82) is 0 Å². The Morgan fingerprint density at radius 2 is 2.00 bits per heavy atom. The van der Waals surface area contributed by atoms with E-state index in [9.17, 15) is 0 Å². The van der Waals surface area contributed by atoms with Crippen molar-refractivity contribution in [2.45, 2.75) is 31.3 Å². The fourth-order valence-corrected chi connectivity index (χ4v) is 2.46. The van der Waals surface area contributed by atoms with E-state index in [0.29, 0.717) is 12.1 Å². The number of rotatable bonds is 6. The SMILES string of the molecule is COCC(Cc1ccccc1)NC1CCOCC1. The van der Waals surface area contributed by atoms with Gasteiger partial charge in [0.1, 0.15) is 0 Å². The lowest BCUT2D eigenvalue weighted by molar-refractivity contribution is 0.0688. The van der Waals surface area contributed by atoms with E-state index in [4.69, 9.17) is 9.47 Å². The highest BCUT2D eigenvalue weighted by atomic mass is 16.5. The van der Waals surface area contributed by atoms with Gasteiger partial charge < -0.3 is 14.8 Å². The summed E-state index contributed by atoms with van der Waals surface area (Å²) < 4.78 is 10.7. The fourth-order valence-electron chi connectivity index (χ4n) is 2.46. The van der Waals surface area contributed by atoms with Crippen LogP contribution in [-0.4, -0.2) is 39.0 Å². The van der Waals surface area contributed by atoms with Crippen LogP contribution in [0.2, 0.25) is 0 Å². The third-order valence-corrected chi connectivity index (χ3v) is 3.39. The van der Waals surface area contributed by atoms with Crippen LogP contribution in [0.15, 0.2) is 30.3 Å². The van der Waals surface area contributed by atoms with Crippen molar-refractivity contribution in [1.82, 2.24) is 5.32 Å². The summed E-state index contributed by atoms with van der Waals surface area (Å²) in [5.41, 5.74) is 1.36. The normalized spacial score (nSPS) is 18.7. The topological polar surface area (TPSA) is 30.5 Å². The van der Waals surface area contributed by atoms with E-state index in [1.165, 1.54) is 5.56 Å². The zero-order valence-electron chi connectivity index (χ0n) is 11.1. The van der Waals surface area contributed by atoms with E-state index in [1.807, 2.05) is 0 Å². The molecule has 3 heteroatoms. The van der Waals surface area contributed by atoms with E-state index in [0.717, 1.165) is 39.1 Å². The molecule has 0 saturated carbocycles. The molecule has 0 aromatic heterocycles. The second kappa shape index (κ2) is 7.52. The van der Waals surface area contributed by atoms with Gasteiger partial charge in [-0.3, -0.25) is 0 Å². The molecule has 2 rings (SSSR count). The highest BCUT2D eigenvalue weighted by Gasteiger charge is 2.18. The van der Waals surface area contributed by atoms with Crippen molar-refractivity contribution >= 4 is 0 Å². The fraction of sp³-hybridized carbons (Fsp3) is 0.600. The van der Waals surface area contributed by atoms with Crippen LogP contribution < -0.4 is 5.32 Å². The first-order valence-corrected chi connectivity index (χ1v) is 6.75. The van der Waals surface area contributed by atoms with Gasteiger partial charge in [-0.15, -0.1) is 0 Å². The lowest BCUT2D eigenvalue weighted by Crippen LogP contribution is -2.44. The molecule has 100 valence electrons. The van der Waals surface area contributed by atoms with E-state index in [1.54, 1.807) is 7.11 Å². The number of hydrogen-bond donors (Lipinski definition) is 1. The number of ether oxygens (including phenoxy) is 2. The van der Waals surface area contributed by atoms with Gasteiger partial charge in [-0.2, -0.15) is 0 Å². The monoisotopic (exact) mass is 249 g/mol. The van der Waals surface area contributed by atoms with Crippen LogP contribution in [-0.2, 0) is 15.9 Å². The molecule has 18 heavy (non-hydrogen) atoms. The Kier molecular flexibility index (Phi) is 5.65. The Morgan fingerprint density at radius 3 is 2.67 bits per heavy atom. The Morgan fingerprint density at radius 1 is 1.28 bits per heavy atom. The zero-order chi connectivity index (χ0) is 12.6. The average Bonchev–Trinajstić information content (AvgIpc) is 2.41. The highest BCUT2D eigenvalue weighted by Crippen LogP contribution is 2.10. The van der Waals surface area contributed by atoms with Crippen LogP contribution in [0.4, 0.5) is 0 Å². The van der Waals surface area contributed by atoms with Crippen molar-refractivity contribution < 1.29 is 9.47 Å². The van der Waals surface area contributed by atoms with Gasteiger partial charge in [-0.05, 0) is 24.8 Å². The third-order valence-electron chi connectivity index (χ3n) is 3.39. The maximum absolute atomic E-state index is 5.39. The van der Waals surface area contributed by atoms with Crippen molar-refractivity contribution in [3.63, 3.8) is 0 Å². The zero-order valence-corrected chi connectivity index (χ0v) is 11.1. The first-order chi connectivity index (χ1) is 8.88. The lowest BCUT2D eigenvalue weighted by Gasteiger charge is -2.28. The van der Waals surface area contributed by atoms with Gasteiger partial charge in [0, 0.05) is 32.4 Å². The van der Waals surface area contributed by atoms with Gasteiger partial charge in [0.05, 0.1) is 6.61 Å². The molecule has 1 aliphatic heterocycles. The minimum atomic E-state index is 0.389. The molecule has 0 aliphatic carbocycles. The summed E-state index contributed by atoms with van der Waals surface area (Å²) in [5.74, 6) is 0. The summed E-state index contributed by atoms with van der Waals surface area (Å²) >= 11 is 0. The first kappa shape index (κ1) is 13.5. The molecule has 1 heterocycles. The Hall–Kier alpha value is -0.900. The maximum Gasteiger partial charge on any atom is 0.0619 e. The predicted molar refractivity (Wildman–Crippen MR) is 72.8 cm³/mol. The van der Waals surface area contributed by atoms with Gasteiger partial charge in [0.15, 0.2) is 0 Å². The summed E-state index contributed by atoms with van der Waals surface area (Å²) in [6.45, 7) is 2.51. The summed E-state index contributed by atoms with van der Waals surface area (Å²) in [6.07, 6.45) is 3.23.